The highest BCUT2D eigenvalue weighted by Gasteiger charge is 2.34. The zero-order valence-electron chi connectivity index (χ0n) is 13.1. The highest BCUT2D eigenvalue weighted by atomic mass is 16.2. The lowest BCUT2D eigenvalue weighted by Gasteiger charge is -2.35. The van der Waals surface area contributed by atoms with Gasteiger partial charge in [0.1, 0.15) is 0 Å². The summed E-state index contributed by atoms with van der Waals surface area (Å²) in [5.41, 5.74) is 1.19. The van der Waals surface area contributed by atoms with Crippen molar-refractivity contribution >= 4 is 17.7 Å². The van der Waals surface area contributed by atoms with Gasteiger partial charge in [-0.3, -0.25) is 19.3 Å². The van der Waals surface area contributed by atoms with Crippen molar-refractivity contribution in [2.45, 2.75) is 20.3 Å². The summed E-state index contributed by atoms with van der Waals surface area (Å²) < 4.78 is 0. The van der Waals surface area contributed by atoms with Crippen molar-refractivity contribution in [2.24, 2.45) is 11.8 Å². The summed E-state index contributed by atoms with van der Waals surface area (Å²) in [6.45, 7) is 5.78. The number of rotatable bonds is 1. The van der Waals surface area contributed by atoms with Crippen LogP contribution in [0.25, 0.3) is 0 Å². The van der Waals surface area contributed by atoms with E-state index in [0.717, 1.165) is 24.4 Å². The zero-order valence-corrected chi connectivity index (χ0v) is 13.1. The van der Waals surface area contributed by atoms with Gasteiger partial charge in [-0.25, -0.2) is 0 Å². The summed E-state index contributed by atoms with van der Waals surface area (Å²) >= 11 is 0. The van der Waals surface area contributed by atoms with E-state index in [0.29, 0.717) is 28.5 Å². The maximum Gasteiger partial charge on any atom is 0.261 e. The van der Waals surface area contributed by atoms with Crippen molar-refractivity contribution in [1.29, 1.82) is 0 Å². The Morgan fingerprint density at radius 2 is 1.64 bits per heavy atom. The highest BCUT2D eigenvalue weighted by molar-refractivity contribution is 6.21. The monoisotopic (exact) mass is 300 g/mol. The number of carbonyl (C=O) groups is 3. The molecule has 22 heavy (non-hydrogen) atoms. The molecule has 0 bridgehead atoms. The van der Waals surface area contributed by atoms with Crippen molar-refractivity contribution in [3.05, 3.63) is 34.9 Å². The molecule has 1 aromatic carbocycles. The van der Waals surface area contributed by atoms with Gasteiger partial charge >= 0.3 is 0 Å². The van der Waals surface area contributed by atoms with Gasteiger partial charge in [0.25, 0.3) is 17.7 Å². The second-order valence-electron chi connectivity index (χ2n) is 6.59. The largest absolute Gasteiger partial charge is 0.338 e. The van der Waals surface area contributed by atoms with E-state index in [-0.39, 0.29) is 17.7 Å². The minimum Gasteiger partial charge on any atom is -0.338 e. The first-order chi connectivity index (χ1) is 10.4. The molecule has 2 aliphatic heterocycles. The summed E-state index contributed by atoms with van der Waals surface area (Å²) in [7, 11) is 1.46. The number of imide groups is 1. The molecule has 5 heteroatoms. The molecule has 3 rings (SSSR count). The van der Waals surface area contributed by atoms with Crippen LogP contribution in [0.3, 0.4) is 0 Å². The van der Waals surface area contributed by atoms with Crippen LogP contribution in [0.1, 0.15) is 51.3 Å². The molecule has 5 nitrogen and oxygen atoms in total. The van der Waals surface area contributed by atoms with Gasteiger partial charge in [-0.2, -0.15) is 0 Å². The fourth-order valence-corrected chi connectivity index (χ4v) is 3.51. The third-order valence-electron chi connectivity index (χ3n) is 4.49. The summed E-state index contributed by atoms with van der Waals surface area (Å²) in [4.78, 5) is 39.5. The number of fused-ring (bicyclic) bond motifs is 1. The average molecular weight is 300 g/mol. The molecule has 2 heterocycles. The van der Waals surface area contributed by atoms with E-state index in [1.807, 2.05) is 4.90 Å². The van der Waals surface area contributed by atoms with Crippen molar-refractivity contribution in [2.75, 3.05) is 20.1 Å². The fraction of sp³-hybridized carbons (Fsp3) is 0.471. The Morgan fingerprint density at radius 3 is 2.27 bits per heavy atom. The van der Waals surface area contributed by atoms with Crippen LogP contribution in [-0.4, -0.2) is 47.7 Å². The van der Waals surface area contributed by atoms with Crippen LogP contribution in [-0.2, 0) is 0 Å². The van der Waals surface area contributed by atoms with Crippen molar-refractivity contribution in [1.82, 2.24) is 9.80 Å². The number of benzene rings is 1. The molecular formula is C17H20N2O3. The lowest BCUT2D eigenvalue weighted by Crippen LogP contribution is -2.42. The Hall–Kier alpha value is -2.17. The Morgan fingerprint density at radius 1 is 1.05 bits per heavy atom. The van der Waals surface area contributed by atoms with Crippen LogP contribution in [0, 0.1) is 11.8 Å². The number of nitrogens with zero attached hydrogens (tertiary/aromatic N) is 2. The van der Waals surface area contributed by atoms with Gasteiger partial charge in [0, 0.05) is 25.7 Å². The molecule has 0 aliphatic carbocycles. The molecular weight excluding hydrogens is 280 g/mol. The molecule has 2 atom stereocenters. The predicted molar refractivity (Wildman–Crippen MR) is 81.7 cm³/mol. The van der Waals surface area contributed by atoms with Crippen molar-refractivity contribution < 1.29 is 14.4 Å². The standard InChI is InChI=1S/C17H20N2O3/c1-10-6-11(2)9-19(8-10)15(20)12-4-5-13-14(7-12)17(22)18(3)16(13)21/h4-5,7,10-11H,6,8-9H2,1-3H3. The minimum atomic E-state index is -0.338. The second kappa shape index (κ2) is 5.23. The van der Waals surface area contributed by atoms with E-state index in [1.54, 1.807) is 18.2 Å². The third kappa shape index (κ3) is 2.30. The minimum absolute atomic E-state index is 0.0593. The van der Waals surface area contributed by atoms with E-state index >= 15 is 0 Å². The average Bonchev–Trinajstić information content (AvgIpc) is 2.70. The topological polar surface area (TPSA) is 57.7 Å². The van der Waals surface area contributed by atoms with Gasteiger partial charge in [0.15, 0.2) is 0 Å². The molecule has 1 fully saturated rings. The molecule has 116 valence electrons. The molecule has 2 aliphatic rings. The number of hydrogen-bond donors (Lipinski definition) is 0. The summed E-state index contributed by atoms with van der Waals surface area (Å²) in [6, 6.07) is 4.80. The zero-order chi connectivity index (χ0) is 16.0. The van der Waals surface area contributed by atoms with Gasteiger partial charge in [-0.05, 0) is 36.5 Å². The number of amides is 3. The van der Waals surface area contributed by atoms with E-state index < -0.39 is 0 Å². The highest BCUT2D eigenvalue weighted by Crippen LogP contribution is 2.26. The van der Waals surface area contributed by atoms with Crippen LogP contribution in [0.15, 0.2) is 18.2 Å². The molecule has 0 spiro atoms. The summed E-state index contributed by atoms with van der Waals surface area (Å²) in [5.74, 6) is 0.262. The molecule has 0 N–H and O–H groups in total. The molecule has 3 amide bonds. The lowest BCUT2D eigenvalue weighted by molar-refractivity contribution is 0.0622. The van der Waals surface area contributed by atoms with Crippen LogP contribution in [0.2, 0.25) is 0 Å². The Bertz CT molecular complexity index is 658. The summed E-state index contributed by atoms with van der Waals surface area (Å²) in [5, 5.41) is 0. The maximum absolute atomic E-state index is 12.7. The van der Waals surface area contributed by atoms with Crippen LogP contribution in [0.4, 0.5) is 0 Å². The van der Waals surface area contributed by atoms with Crippen LogP contribution < -0.4 is 0 Å². The maximum atomic E-state index is 12.7. The smallest absolute Gasteiger partial charge is 0.261 e. The molecule has 1 saturated heterocycles. The van der Waals surface area contributed by atoms with E-state index in [4.69, 9.17) is 0 Å². The van der Waals surface area contributed by atoms with E-state index in [9.17, 15) is 14.4 Å². The third-order valence-corrected chi connectivity index (χ3v) is 4.49. The first kappa shape index (κ1) is 14.8. The molecule has 1 aromatic rings. The second-order valence-corrected chi connectivity index (χ2v) is 6.59. The molecule has 2 unspecified atom stereocenters. The Labute approximate surface area is 129 Å². The van der Waals surface area contributed by atoms with Gasteiger partial charge in [-0.1, -0.05) is 13.8 Å². The van der Waals surface area contributed by atoms with Gasteiger partial charge in [-0.15, -0.1) is 0 Å². The van der Waals surface area contributed by atoms with Crippen molar-refractivity contribution in [3.8, 4) is 0 Å². The van der Waals surface area contributed by atoms with E-state index in [2.05, 4.69) is 13.8 Å². The van der Waals surface area contributed by atoms with Crippen molar-refractivity contribution in [3.63, 3.8) is 0 Å². The molecule has 0 radical (unpaired) electrons. The number of piperidine rings is 1. The first-order valence-electron chi connectivity index (χ1n) is 7.64. The van der Waals surface area contributed by atoms with Gasteiger partial charge in [0.05, 0.1) is 11.1 Å². The predicted octanol–water partition coefficient (Wildman–Crippen LogP) is 2.03. The van der Waals surface area contributed by atoms with Gasteiger partial charge in [0.2, 0.25) is 0 Å². The van der Waals surface area contributed by atoms with Crippen LogP contribution >= 0.6 is 0 Å². The van der Waals surface area contributed by atoms with E-state index in [1.165, 1.54) is 7.05 Å². The summed E-state index contributed by atoms with van der Waals surface area (Å²) in [6.07, 6.45) is 1.13. The fourth-order valence-electron chi connectivity index (χ4n) is 3.51. The Balaban J connectivity index is 1.89. The molecule has 0 aromatic heterocycles. The number of likely N-dealkylation sites (tertiary alicyclic amines) is 1. The normalized spacial score (nSPS) is 24.7. The number of carbonyl (C=O) groups excluding carboxylic acids is 3. The van der Waals surface area contributed by atoms with Crippen LogP contribution in [0.5, 0.6) is 0 Å². The molecule has 0 saturated carbocycles. The number of hydrogen-bond acceptors (Lipinski definition) is 3. The lowest BCUT2D eigenvalue weighted by atomic mass is 9.91. The quantitative estimate of drug-likeness (QED) is 0.746. The van der Waals surface area contributed by atoms with Gasteiger partial charge < -0.3 is 4.90 Å². The first-order valence-corrected chi connectivity index (χ1v) is 7.64. The SMILES string of the molecule is CC1CC(C)CN(C(=O)c2ccc3c(c2)C(=O)N(C)C3=O)C1. The Kier molecular flexibility index (Phi) is 3.51.